The second-order valence-electron chi connectivity index (χ2n) is 4.39. The number of nitrogens with one attached hydrogen (secondary N) is 1. The predicted molar refractivity (Wildman–Crippen MR) is 68.5 cm³/mol. The summed E-state index contributed by atoms with van der Waals surface area (Å²) in [7, 11) is 0. The number of aromatic amines is 1. The van der Waals surface area contributed by atoms with Crippen LogP contribution < -0.4 is 11.2 Å². The quantitative estimate of drug-likeness (QED) is 0.792. The van der Waals surface area contributed by atoms with Gasteiger partial charge in [0.2, 0.25) is 5.88 Å². The van der Waals surface area contributed by atoms with Gasteiger partial charge in [0.25, 0.3) is 5.56 Å². The number of aryl methyl sites for hydroxylation is 2. The van der Waals surface area contributed by atoms with Crippen molar-refractivity contribution in [3.63, 3.8) is 0 Å². The smallest absolute Gasteiger partial charge is 0.335 e. The maximum Gasteiger partial charge on any atom is 0.335 e. The maximum atomic E-state index is 11.8. The Kier molecular flexibility index (Phi) is 2.82. The number of hydrogen-bond acceptors (Lipinski definition) is 3. The van der Waals surface area contributed by atoms with Crippen molar-refractivity contribution in [3.05, 3.63) is 55.7 Å². The molecule has 5 heteroatoms. The Labute approximate surface area is 103 Å². The highest BCUT2D eigenvalue weighted by Gasteiger charge is 2.12. The molecule has 0 aliphatic heterocycles. The van der Waals surface area contributed by atoms with Gasteiger partial charge in [-0.2, -0.15) is 0 Å². The summed E-state index contributed by atoms with van der Waals surface area (Å²) in [6, 6.07) is 5.50. The van der Waals surface area contributed by atoms with Crippen LogP contribution in [0, 0.1) is 20.8 Å². The van der Waals surface area contributed by atoms with Gasteiger partial charge in [-0.3, -0.25) is 9.78 Å². The van der Waals surface area contributed by atoms with Crippen LogP contribution in [0.2, 0.25) is 0 Å². The zero-order chi connectivity index (χ0) is 13.4. The molecule has 0 aliphatic carbocycles. The van der Waals surface area contributed by atoms with Gasteiger partial charge in [-0.15, -0.1) is 0 Å². The van der Waals surface area contributed by atoms with Gasteiger partial charge >= 0.3 is 5.69 Å². The molecule has 0 bridgehead atoms. The van der Waals surface area contributed by atoms with E-state index in [0.29, 0.717) is 5.69 Å². The third-order valence-corrected chi connectivity index (χ3v) is 2.78. The highest BCUT2D eigenvalue weighted by atomic mass is 16.3. The molecule has 1 aromatic carbocycles. The van der Waals surface area contributed by atoms with E-state index in [4.69, 9.17) is 0 Å². The molecule has 0 aliphatic rings. The summed E-state index contributed by atoms with van der Waals surface area (Å²) in [6.45, 7) is 5.26. The average molecular weight is 246 g/mol. The van der Waals surface area contributed by atoms with E-state index in [1.54, 1.807) is 12.1 Å². The van der Waals surface area contributed by atoms with Crippen LogP contribution in [0.4, 0.5) is 0 Å². The van der Waals surface area contributed by atoms with Crippen molar-refractivity contribution in [1.29, 1.82) is 0 Å². The zero-order valence-corrected chi connectivity index (χ0v) is 10.4. The summed E-state index contributed by atoms with van der Waals surface area (Å²) in [5, 5.41) is 9.94. The highest BCUT2D eigenvalue weighted by molar-refractivity contribution is 5.42. The van der Waals surface area contributed by atoms with E-state index in [9.17, 15) is 14.7 Å². The lowest BCUT2D eigenvalue weighted by atomic mass is 10.1. The Hall–Kier alpha value is -2.30. The number of aromatic hydroxyl groups is 1. The minimum absolute atomic E-state index is 0.119. The third-order valence-electron chi connectivity index (χ3n) is 2.78. The number of nitrogens with zero attached hydrogens (tertiary/aromatic N) is 1. The van der Waals surface area contributed by atoms with Crippen molar-refractivity contribution in [1.82, 2.24) is 9.55 Å². The monoisotopic (exact) mass is 246 g/mol. The average Bonchev–Trinajstić information content (AvgIpc) is 2.24. The molecule has 0 radical (unpaired) electrons. The van der Waals surface area contributed by atoms with Gasteiger partial charge in [-0.25, -0.2) is 9.36 Å². The van der Waals surface area contributed by atoms with Crippen LogP contribution in [-0.4, -0.2) is 14.7 Å². The van der Waals surface area contributed by atoms with Crippen molar-refractivity contribution < 1.29 is 5.11 Å². The van der Waals surface area contributed by atoms with Crippen LogP contribution in [-0.2, 0) is 0 Å². The topological polar surface area (TPSA) is 75.1 Å². The highest BCUT2D eigenvalue weighted by Crippen LogP contribution is 2.18. The van der Waals surface area contributed by atoms with Crippen molar-refractivity contribution >= 4 is 0 Å². The summed E-state index contributed by atoms with van der Waals surface area (Å²) < 4.78 is 1.09. The van der Waals surface area contributed by atoms with E-state index in [1.807, 2.05) is 19.9 Å². The molecule has 2 aromatic rings. The molecule has 1 aromatic heterocycles. The standard InChI is InChI=1S/C13H14N2O3/c1-7-4-8(2)6-10(5-7)15-12(17)9(3)11(16)14-13(15)18/h4-6,17H,1-3H3,(H,14,16,18). The molecule has 0 saturated heterocycles. The van der Waals surface area contributed by atoms with Crippen LogP contribution in [0.1, 0.15) is 16.7 Å². The molecule has 0 saturated carbocycles. The molecule has 94 valence electrons. The van der Waals surface area contributed by atoms with Crippen molar-refractivity contribution in [2.24, 2.45) is 0 Å². The fourth-order valence-electron chi connectivity index (χ4n) is 1.93. The van der Waals surface area contributed by atoms with E-state index in [2.05, 4.69) is 4.98 Å². The summed E-state index contributed by atoms with van der Waals surface area (Å²) in [4.78, 5) is 25.3. The Morgan fingerprint density at radius 3 is 2.17 bits per heavy atom. The first kappa shape index (κ1) is 12.2. The van der Waals surface area contributed by atoms with Crippen molar-refractivity contribution in [3.8, 4) is 11.6 Å². The van der Waals surface area contributed by atoms with Gasteiger partial charge in [0.1, 0.15) is 0 Å². The fourth-order valence-corrected chi connectivity index (χ4v) is 1.93. The minimum atomic E-state index is -0.645. The molecule has 0 spiro atoms. The SMILES string of the molecule is Cc1cc(C)cc(-n2c(O)c(C)c(=O)[nH]c2=O)c1. The lowest BCUT2D eigenvalue weighted by molar-refractivity contribution is 0.426. The van der Waals surface area contributed by atoms with Crippen molar-refractivity contribution in [2.75, 3.05) is 0 Å². The molecular weight excluding hydrogens is 232 g/mol. The van der Waals surface area contributed by atoms with Gasteiger partial charge in [0.05, 0.1) is 11.3 Å². The Bertz CT molecular complexity index is 706. The normalized spacial score (nSPS) is 10.6. The number of H-pyrrole nitrogens is 1. The van der Waals surface area contributed by atoms with Crippen LogP contribution in [0.5, 0.6) is 5.88 Å². The molecule has 0 unspecified atom stereocenters. The second-order valence-corrected chi connectivity index (χ2v) is 4.39. The first-order valence-corrected chi connectivity index (χ1v) is 5.53. The maximum absolute atomic E-state index is 11.8. The lowest BCUT2D eigenvalue weighted by Crippen LogP contribution is -2.30. The summed E-state index contributed by atoms with van der Waals surface area (Å²) in [5.41, 5.74) is 1.38. The van der Waals surface area contributed by atoms with E-state index in [1.165, 1.54) is 6.92 Å². The van der Waals surface area contributed by atoms with E-state index in [-0.39, 0.29) is 11.4 Å². The Morgan fingerprint density at radius 1 is 1.06 bits per heavy atom. The van der Waals surface area contributed by atoms with E-state index in [0.717, 1.165) is 15.7 Å². The summed E-state index contributed by atoms with van der Waals surface area (Å²) >= 11 is 0. The van der Waals surface area contributed by atoms with Gasteiger partial charge < -0.3 is 5.11 Å². The van der Waals surface area contributed by atoms with Crippen LogP contribution in [0.25, 0.3) is 5.69 Å². The van der Waals surface area contributed by atoms with E-state index >= 15 is 0 Å². The molecule has 18 heavy (non-hydrogen) atoms. The molecule has 0 atom stereocenters. The fraction of sp³-hybridized carbons (Fsp3) is 0.231. The second kappa shape index (κ2) is 4.18. The molecule has 5 nitrogen and oxygen atoms in total. The van der Waals surface area contributed by atoms with Gasteiger partial charge in [-0.05, 0) is 44.0 Å². The van der Waals surface area contributed by atoms with Crippen LogP contribution >= 0.6 is 0 Å². The summed E-state index contributed by atoms with van der Waals surface area (Å²) in [6.07, 6.45) is 0. The largest absolute Gasteiger partial charge is 0.494 e. The molecular formula is C13H14N2O3. The van der Waals surface area contributed by atoms with Gasteiger partial charge in [0.15, 0.2) is 0 Å². The van der Waals surface area contributed by atoms with Crippen LogP contribution in [0.15, 0.2) is 27.8 Å². The van der Waals surface area contributed by atoms with Gasteiger partial charge in [-0.1, -0.05) is 6.07 Å². The first-order valence-electron chi connectivity index (χ1n) is 5.53. The number of aromatic nitrogens is 2. The molecule has 2 rings (SSSR count). The van der Waals surface area contributed by atoms with Gasteiger partial charge in [0, 0.05) is 0 Å². The molecule has 0 fully saturated rings. The first-order chi connectivity index (χ1) is 8.40. The Morgan fingerprint density at radius 2 is 1.61 bits per heavy atom. The van der Waals surface area contributed by atoms with Crippen molar-refractivity contribution in [2.45, 2.75) is 20.8 Å². The number of benzene rings is 1. The number of hydrogen-bond donors (Lipinski definition) is 2. The summed E-state index contributed by atoms with van der Waals surface area (Å²) in [5.74, 6) is -0.325. The van der Waals surface area contributed by atoms with Crippen LogP contribution in [0.3, 0.4) is 0 Å². The molecule has 1 heterocycles. The molecule has 0 amide bonds. The van der Waals surface area contributed by atoms with E-state index < -0.39 is 11.2 Å². The Balaban J connectivity index is 2.83. The predicted octanol–water partition coefficient (Wildman–Crippen LogP) is 1.16. The molecule has 2 N–H and O–H groups in total. The zero-order valence-electron chi connectivity index (χ0n) is 10.4. The number of rotatable bonds is 1. The third kappa shape index (κ3) is 1.95. The lowest BCUT2D eigenvalue weighted by Gasteiger charge is -2.11. The minimum Gasteiger partial charge on any atom is -0.494 e.